The van der Waals surface area contributed by atoms with Crippen LogP contribution in [0.4, 0.5) is 0 Å². The van der Waals surface area contributed by atoms with Gasteiger partial charge in [0, 0.05) is 5.56 Å². The second-order valence-electron chi connectivity index (χ2n) is 10.4. The summed E-state index contributed by atoms with van der Waals surface area (Å²) in [6.45, 7) is 12.0. The van der Waals surface area contributed by atoms with E-state index in [0.29, 0.717) is 0 Å². The average molecular weight is 444 g/mol. The molecule has 1 aliphatic carbocycles. The van der Waals surface area contributed by atoms with Gasteiger partial charge in [-0.1, -0.05) is 63.2 Å². The molecule has 0 aromatic heterocycles. The van der Waals surface area contributed by atoms with Crippen molar-refractivity contribution in [3.8, 4) is 0 Å². The van der Waals surface area contributed by atoms with Gasteiger partial charge >= 0.3 is 11.9 Å². The summed E-state index contributed by atoms with van der Waals surface area (Å²) in [5.74, 6) is -1.08. The van der Waals surface area contributed by atoms with Crippen molar-refractivity contribution in [3.63, 3.8) is 0 Å². The second-order valence-corrected chi connectivity index (χ2v) is 10.4. The van der Waals surface area contributed by atoms with E-state index in [1.807, 2.05) is 75.4 Å². The zero-order chi connectivity index (χ0) is 24.0. The van der Waals surface area contributed by atoms with Gasteiger partial charge < -0.3 is 9.47 Å². The molecule has 1 aliphatic heterocycles. The van der Waals surface area contributed by atoms with E-state index in [4.69, 9.17) is 9.47 Å². The fraction of sp³-hybridized carbons (Fsp3) is 0.321. The Hall–Kier alpha value is -3.47. The Morgan fingerprint density at radius 1 is 1.00 bits per heavy atom. The summed E-state index contributed by atoms with van der Waals surface area (Å²) >= 11 is 0. The van der Waals surface area contributed by atoms with E-state index >= 15 is 0 Å². The molecule has 33 heavy (non-hydrogen) atoms. The summed E-state index contributed by atoms with van der Waals surface area (Å²) in [6.07, 6.45) is 3.51. The van der Waals surface area contributed by atoms with Crippen molar-refractivity contribution in [2.75, 3.05) is 0 Å². The summed E-state index contributed by atoms with van der Waals surface area (Å²) in [7, 11) is 0. The molecule has 1 unspecified atom stereocenters. The third-order valence-corrected chi connectivity index (χ3v) is 5.52. The Morgan fingerprint density at radius 2 is 1.67 bits per heavy atom. The van der Waals surface area contributed by atoms with Crippen LogP contribution < -0.4 is 0 Å². The van der Waals surface area contributed by atoms with Gasteiger partial charge in [-0.15, -0.1) is 0 Å². The molecule has 0 spiro atoms. The maximum atomic E-state index is 12.8. The SMILES string of the molecule is CC(C)(C)OC(=O)C1C=C(C=C2N=C(c3ccc(C(C)(C)C)cc3)OC2=O)c2ccccc21. The molecule has 1 heterocycles. The number of benzene rings is 2. The zero-order valence-corrected chi connectivity index (χ0v) is 19.9. The Balaban J connectivity index is 1.65. The van der Waals surface area contributed by atoms with Gasteiger partial charge in [0.1, 0.15) is 11.5 Å². The molecular weight excluding hydrogens is 414 g/mol. The highest BCUT2D eigenvalue weighted by molar-refractivity contribution is 6.12. The molecule has 2 aromatic rings. The number of ether oxygens (including phenoxy) is 2. The number of hydrogen-bond donors (Lipinski definition) is 0. The number of cyclic esters (lactones) is 1. The van der Waals surface area contributed by atoms with Crippen LogP contribution in [-0.4, -0.2) is 23.4 Å². The Labute approximate surface area is 194 Å². The van der Waals surface area contributed by atoms with Gasteiger partial charge in [0.15, 0.2) is 5.70 Å². The van der Waals surface area contributed by atoms with Crippen LogP contribution in [0.15, 0.2) is 71.4 Å². The summed E-state index contributed by atoms with van der Waals surface area (Å²) < 4.78 is 11.1. The van der Waals surface area contributed by atoms with Gasteiger partial charge in [-0.05, 0) is 66.7 Å². The first-order chi connectivity index (χ1) is 15.4. The monoisotopic (exact) mass is 443 g/mol. The molecule has 5 heteroatoms. The Kier molecular flexibility index (Phi) is 5.61. The van der Waals surface area contributed by atoms with Gasteiger partial charge in [-0.3, -0.25) is 4.79 Å². The maximum absolute atomic E-state index is 12.8. The van der Waals surface area contributed by atoms with E-state index in [1.54, 1.807) is 6.08 Å². The van der Waals surface area contributed by atoms with Crippen molar-refractivity contribution in [2.45, 2.75) is 58.5 Å². The van der Waals surface area contributed by atoms with Crippen LogP contribution in [0.1, 0.15) is 69.7 Å². The van der Waals surface area contributed by atoms with Crippen molar-refractivity contribution in [2.24, 2.45) is 4.99 Å². The molecule has 5 nitrogen and oxygen atoms in total. The van der Waals surface area contributed by atoms with Gasteiger partial charge in [0.2, 0.25) is 5.90 Å². The van der Waals surface area contributed by atoms with Crippen LogP contribution >= 0.6 is 0 Å². The quantitative estimate of drug-likeness (QED) is 0.451. The highest BCUT2D eigenvalue weighted by atomic mass is 16.6. The molecule has 0 amide bonds. The van der Waals surface area contributed by atoms with E-state index in [2.05, 4.69) is 25.8 Å². The van der Waals surface area contributed by atoms with Crippen molar-refractivity contribution >= 4 is 23.4 Å². The third-order valence-electron chi connectivity index (χ3n) is 5.52. The van der Waals surface area contributed by atoms with Crippen LogP contribution in [0.2, 0.25) is 0 Å². The first-order valence-corrected chi connectivity index (χ1v) is 11.1. The number of carbonyl (C=O) groups is 2. The number of carbonyl (C=O) groups excluding carboxylic acids is 2. The van der Waals surface area contributed by atoms with Gasteiger partial charge in [-0.25, -0.2) is 9.79 Å². The molecule has 1 atom stereocenters. The summed E-state index contributed by atoms with van der Waals surface area (Å²) in [6, 6.07) is 15.5. The zero-order valence-electron chi connectivity index (χ0n) is 19.9. The number of hydrogen-bond acceptors (Lipinski definition) is 5. The topological polar surface area (TPSA) is 65.0 Å². The molecule has 0 saturated heterocycles. The lowest BCUT2D eigenvalue weighted by atomic mass is 9.87. The van der Waals surface area contributed by atoms with E-state index in [-0.39, 0.29) is 23.0 Å². The van der Waals surface area contributed by atoms with E-state index in [0.717, 1.165) is 22.3 Å². The molecule has 2 aliphatic rings. The van der Waals surface area contributed by atoms with Crippen LogP contribution in [0.3, 0.4) is 0 Å². The van der Waals surface area contributed by atoms with Crippen molar-refractivity contribution in [3.05, 3.63) is 88.6 Å². The maximum Gasteiger partial charge on any atom is 0.363 e. The molecule has 170 valence electrons. The molecule has 0 radical (unpaired) electrons. The van der Waals surface area contributed by atoms with Crippen molar-refractivity contribution in [1.82, 2.24) is 0 Å². The standard InChI is InChI=1S/C28H29NO4/c1-27(2,3)19-13-11-17(12-14-19)24-29-23(26(31)32-24)16-18-15-22(25(30)33-28(4,5)6)21-10-8-7-9-20(18)21/h7-16,22H,1-6H3. The summed E-state index contributed by atoms with van der Waals surface area (Å²) in [4.78, 5) is 29.8. The minimum atomic E-state index is -0.585. The van der Waals surface area contributed by atoms with Gasteiger partial charge in [0.05, 0.1) is 0 Å². The summed E-state index contributed by atoms with van der Waals surface area (Å²) in [5.41, 5.74) is 4.07. The lowest BCUT2D eigenvalue weighted by Crippen LogP contribution is -2.26. The van der Waals surface area contributed by atoms with Crippen LogP contribution in [0, 0.1) is 0 Å². The van der Waals surface area contributed by atoms with Crippen molar-refractivity contribution in [1.29, 1.82) is 0 Å². The first kappa shape index (κ1) is 22.7. The predicted molar refractivity (Wildman–Crippen MR) is 129 cm³/mol. The van der Waals surface area contributed by atoms with E-state index in [1.165, 1.54) is 5.56 Å². The smallest absolute Gasteiger partial charge is 0.363 e. The Bertz CT molecular complexity index is 1200. The predicted octanol–water partition coefficient (Wildman–Crippen LogP) is 5.69. The van der Waals surface area contributed by atoms with Gasteiger partial charge in [0.25, 0.3) is 0 Å². The molecule has 4 rings (SSSR count). The highest BCUT2D eigenvalue weighted by Crippen LogP contribution is 2.39. The second kappa shape index (κ2) is 8.14. The number of allylic oxidation sites excluding steroid dienone is 2. The number of rotatable bonds is 3. The fourth-order valence-corrected chi connectivity index (χ4v) is 3.87. The van der Waals surface area contributed by atoms with Crippen LogP contribution in [0.25, 0.3) is 5.57 Å². The van der Waals surface area contributed by atoms with Crippen LogP contribution in [-0.2, 0) is 24.5 Å². The molecule has 0 saturated carbocycles. The third kappa shape index (κ3) is 4.82. The highest BCUT2D eigenvalue weighted by Gasteiger charge is 2.33. The number of aliphatic imine (C=N–C) groups is 1. The molecule has 2 aromatic carbocycles. The minimum absolute atomic E-state index is 0.0325. The molecule has 0 fully saturated rings. The van der Waals surface area contributed by atoms with E-state index < -0.39 is 17.5 Å². The number of fused-ring (bicyclic) bond motifs is 1. The minimum Gasteiger partial charge on any atom is -0.459 e. The molecule has 0 bridgehead atoms. The average Bonchev–Trinajstić information content (AvgIpc) is 3.28. The fourth-order valence-electron chi connectivity index (χ4n) is 3.87. The lowest BCUT2D eigenvalue weighted by Gasteiger charge is -2.22. The first-order valence-electron chi connectivity index (χ1n) is 11.1. The van der Waals surface area contributed by atoms with E-state index in [9.17, 15) is 9.59 Å². The molecule has 0 N–H and O–H groups in total. The Morgan fingerprint density at radius 3 is 2.30 bits per heavy atom. The molecular formula is C28H29NO4. The lowest BCUT2D eigenvalue weighted by molar-refractivity contribution is -0.155. The van der Waals surface area contributed by atoms with Crippen LogP contribution in [0.5, 0.6) is 0 Å². The number of nitrogens with zero attached hydrogens (tertiary/aromatic N) is 1. The van der Waals surface area contributed by atoms with Crippen molar-refractivity contribution < 1.29 is 19.1 Å². The summed E-state index contributed by atoms with van der Waals surface area (Å²) in [5, 5.41) is 0. The number of esters is 2. The van der Waals surface area contributed by atoms with Gasteiger partial charge in [-0.2, -0.15) is 0 Å². The largest absolute Gasteiger partial charge is 0.459 e. The normalized spacial score (nSPS) is 19.2.